The summed E-state index contributed by atoms with van der Waals surface area (Å²) in [5.74, 6) is 1.09. The molecule has 3 rings (SSSR count). The third-order valence-electron chi connectivity index (χ3n) is 3.33. The maximum Gasteiger partial charge on any atom is 0.258 e. The fraction of sp³-hybridized carbons (Fsp3) is 0.111. The second kappa shape index (κ2) is 6.79. The number of rotatable bonds is 5. The quantitative estimate of drug-likeness (QED) is 0.776. The number of nitrogens with zero attached hydrogens (tertiary/aromatic N) is 2. The van der Waals surface area contributed by atoms with Gasteiger partial charge in [0, 0.05) is 12.7 Å². The van der Waals surface area contributed by atoms with Crippen LogP contribution in [0.1, 0.15) is 17.3 Å². The normalized spacial score (nSPS) is 10.3. The van der Waals surface area contributed by atoms with Crippen LogP contribution in [0.25, 0.3) is 0 Å². The highest BCUT2D eigenvalue weighted by Crippen LogP contribution is 2.29. The van der Waals surface area contributed by atoms with Crippen LogP contribution in [-0.2, 0) is 6.54 Å². The van der Waals surface area contributed by atoms with Crippen molar-refractivity contribution >= 4 is 11.6 Å². The molecule has 5 nitrogen and oxygen atoms in total. The van der Waals surface area contributed by atoms with Crippen LogP contribution >= 0.6 is 0 Å². The highest BCUT2D eigenvalue weighted by atomic mass is 16.5. The van der Waals surface area contributed by atoms with E-state index in [0.717, 1.165) is 6.54 Å². The molecule has 5 heteroatoms. The lowest BCUT2D eigenvalue weighted by Gasteiger charge is -2.11. The second-order valence-corrected chi connectivity index (χ2v) is 4.95. The maximum absolute atomic E-state index is 12.3. The number of para-hydroxylation sites is 3. The summed E-state index contributed by atoms with van der Waals surface area (Å²) in [6, 6.07) is 16.8. The molecule has 0 atom stereocenters. The molecule has 23 heavy (non-hydrogen) atoms. The number of carbonyl (C=O) groups is 1. The van der Waals surface area contributed by atoms with Crippen molar-refractivity contribution in [3.05, 3.63) is 72.6 Å². The molecule has 0 bridgehead atoms. The molecule has 1 amide bonds. The molecule has 0 fully saturated rings. The number of aryl methyl sites for hydroxylation is 1. The zero-order valence-corrected chi connectivity index (χ0v) is 12.8. The van der Waals surface area contributed by atoms with E-state index >= 15 is 0 Å². The summed E-state index contributed by atoms with van der Waals surface area (Å²) in [5, 5.41) is 6.98. The predicted octanol–water partition coefficient (Wildman–Crippen LogP) is 3.95. The zero-order valence-electron chi connectivity index (χ0n) is 12.8. The first-order valence-corrected chi connectivity index (χ1v) is 7.42. The molecule has 1 heterocycles. The number of amides is 1. The molecule has 0 aliphatic heterocycles. The van der Waals surface area contributed by atoms with Crippen LogP contribution in [-0.4, -0.2) is 15.7 Å². The van der Waals surface area contributed by atoms with Gasteiger partial charge in [-0.2, -0.15) is 5.10 Å². The molecule has 0 unspecified atom stereocenters. The Kier molecular flexibility index (Phi) is 4.38. The van der Waals surface area contributed by atoms with Gasteiger partial charge in [-0.25, -0.2) is 0 Å². The first-order chi connectivity index (χ1) is 11.3. The van der Waals surface area contributed by atoms with Crippen molar-refractivity contribution in [2.75, 3.05) is 5.32 Å². The zero-order chi connectivity index (χ0) is 16.1. The third kappa shape index (κ3) is 3.58. The fourth-order valence-corrected chi connectivity index (χ4v) is 2.12. The SMILES string of the molecule is CCn1cc(C(=O)Nc2ccccc2Oc2ccccc2)cn1. The monoisotopic (exact) mass is 307 g/mol. The number of nitrogens with one attached hydrogen (secondary N) is 1. The highest BCUT2D eigenvalue weighted by molar-refractivity contribution is 6.04. The Morgan fingerprint density at radius 3 is 2.61 bits per heavy atom. The van der Waals surface area contributed by atoms with Crippen LogP contribution in [0.15, 0.2) is 67.0 Å². The Hall–Kier alpha value is -3.08. The van der Waals surface area contributed by atoms with Crippen molar-refractivity contribution in [2.45, 2.75) is 13.5 Å². The number of anilines is 1. The molecule has 1 N–H and O–H groups in total. The number of aromatic nitrogens is 2. The van der Waals surface area contributed by atoms with Gasteiger partial charge in [0.2, 0.25) is 0 Å². The summed E-state index contributed by atoms with van der Waals surface area (Å²) in [4.78, 5) is 12.3. The number of hydrogen-bond donors (Lipinski definition) is 1. The van der Waals surface area contributed by atoms with Crippen molar-refractivity contribution in [3.8, 4) is 11.5 Å². The number of ether oxygens (including phenoxy) is 1. The lowest BCUT2D eigenvalue weighted by atomic mass is 10.2. The Bertz CT molecular complexity index is 797. The van der Waals surface area contributed by atoms with E-state index < -0.39 is 0 Å². The van der Waals surface area contributed by atoms with Crippen LogP contribution in [0.4, 0.5) is 5.69 Å². The van der Waals surface area contributed by atoms with E-state index in [4.69, 9.17) is 4.74 Å². The fourth-order valence-electron chi connectivity index (χ4n) is 2.12. The minimum atomic E-state index is -0.214. The molecule has 1 aromatic heterocycles. The van der Waals surface area contributed by atoms with E-state index in [1.165, 1.54) is 0 Å². The lowest BCUT2D eigenvalue weighted by molar-refractivity contribution is 0.102. The van der Waals surface area contributed by atoms with Gasteiger partial charge in [-0.05, 0) is 31.2 Å². The molecular formula is C18H17N3O2. The summed E-state index contributed by atoms with van der Waals surface area (Å²) in [6.45, 7) is 2.69. The minimum absolute atomic E-state index is 0.214. The summed E-state index contributed by atoms with van der Waals surface area (Å²) < 4.78 is 7.55. The van der Waals surface area contributed by atoms with Gasteiger partial charge in [-0.15, -0.1) is 0 Å². The predicted molar refractivity (Wildman–Crippen MR) is 88.8 cm³/mol. The third-order valence-corrected chi connectivity index (χ3v) is 3.33. The van der Waals surface area contributed by atoms with E-state index in [1.807, 2.05) is 55.5 Å². The smallest absolute Gasteiger partial charge is 0.258 e. The van der Waals surface area contributed by atoms with Crippen molar-refractivity contribution < 1.29 is 9.53 Å². The van der Waals surface area contributed by atoms with Crippen molar-refractivity contribution in [1.82, 2.24) is 9.78 Å². The maximum atomic E-state index is 12.3. The van der Waals surface area contributed by atoms with E-state index in [2.05, 4.69) is 10.4 Å². The average Bonchev–Trinajstić information content (AvgIpc) is 3.07. The molecule has 0 saturated carbocycles. The lowest BCUT2D eigenvalue weighted by Crippen LogP contribution is -2.11. The Labute approximate surface area is 134 Å². The molecule has 0 aliphatic rings. The molecule has 2 aromatic carbocycles. The molecule has 0 spiro atoms. The van der Waals surface area contributed by atoms with Crippen molar-refractivity contribution in [2.24, 2.45) is 0 Å². The number of benzene rings is 2. The topological polar surface area (TPSA) is 56.2 Å². The van der Waals surface area contributed by atoms with Crippen LogP contribution in [0, 0.1) is 0 Å². The first kappa shape index (κ1) is 14.8. The molecule has 3 aromatic rings. The number of hydrogen-bond acceptors (Lipinski definition) is 3. The van der Waals surface area contributed by atoms with Crippen molar-refractivity contribution in [3.63, 3.8) is 0 Å². The molecule has 0 saturated heterocycles. The van der Waals surface area contributed by atoms with Crippen LogP contribution < -0.4 is 10.1 Å². The second-order valence-electron chi connectivity index (χ2n) is 4.95. The molecule has 0 radical (unpaired) electrons. The Balaban J connectivity index is 1.79. The summed E-state index contributed by atoms with van der Waals surface area (Å²) in [6.07, 6.45) is 3.27. The van der Waals surface area contributed by atoms with E-state index in [9.17, 15) is 4.79 Å². The van der Waals surface area contributed by atoms with Gasteiger partial charge in [-0.3, -0.25) is 9.48 Å². The van der Waals surface area contributed by atoms with Gasteiger partial charge in [0.05, 0.1) is 17.4 Å². The largest absolute Gasteiger partial charge is 0.455 e. The van der Waals surface area contributed by atoms with E-state index in [-0.39, 0.29) is 5.91 Å². The van der Waals surface area contributed by atoms with Crippen LogP contribution in [0.3, 0.4) is 0 Å². The minimum Gasteiger partial charge on any atom is -0.455 e. The summed E-state index contributed by atoms with van der Waals surface area (Å²) in [5.41, 5.74) is 1.13. The standard InChI is InChI=1S/C18H17N3O2/c1-2-21-13-14(12-19-21)18(22)20-16-10-6-7-11-17(16)23-15-8-4-3-5-9-15/h3-13H,2H2,1H3,(H,20,22). The van der Waals surface area contributed by atoms with Crippen molar-refractivity contribution in [1.29, 1.82) is 0 Å². The Morgan fingerprint density at radius 1 is 1.13 bits per heavy atom. The summed E-state index contributed by atoms with van der Waals surface area (Å²) in [7, 11) is 0. The van der Waals surface area contributed by atoms with Gasteiger partial charge in [0.25, 0.3) is 5.91 Å². The van der Waals surface area contributed by atoms with Gasteiger partial charge in [-0.1, -0.05) is 30.3 Å². The van der Waals surface area contributed by atoms with Crippen LogP contribution in [0.5, 0.6) is 11.5 Å². The van der Waals surface area contributed by atoms with Gasteiger partial charge in [0.15, 0.2) is 5.75 Å². The molecular weight excluding hydrogens is 290 g/mol. The number of carbonyl (C=O) groups excluding carboxylic acids is 1. The first-order valence-electron chi connectivity index (χ1n) is 7.42. The molecule has 0 aliphatic carbocycles. The van der Waals surface area contributed by atoms with Gasteiger partial charge >= 0.3 is 0 Å². The average molecular weight is 307 g/mol. The van der Waals surface area contributed by atoms with Crippen LogP contribution in [0.2, 0.25) is 0 Å². The molecule has 116 valence electrons. The Morgan fingerprint density at radius 2 is 1.87 bits per heavy atom. The van der Waals surface area contributed by atoms with E-state index in [1.54, 1.807) is 23.1 Å². The summed E-state index contributed by atoms with van der Waals surface area (Å²) >= 11 is 0. The van der Waals surface area contributed by atoms with E-state index in [0.29, 0.717) is 22.7 Å². The highest BCUT2D eigenvalue weighted by Gasteiger charge is 2.12. The van der Waals surface area contributed by atoms with Gasteiger partial charge < -0.3 is 10.1 Å². The van der Waals surface area contributed by atoms with Gasteiger partial charge in [0.1, 0.15) is 5.75 Å².